The van der Waals surface area contributed by atoms with E-state index in [1.54, 1.807) is 0 Å². The molecule has 0 bridgehead atoms. The molecule has 1 aromatic heterocycles. The summed E-state index contributed by atoms with van der Waals surface area (Å²) in [6.07, 6.45) is 1.06. The Kier molecular flexibility index (Phi) is 3.69. The van der Waals surface area contributed by atoms with Gasteiger partial charge < -0.3 is 5.32 Å². The van der Waals surface area contributed by atoms with E-state index < -0.39 is 0 Å². The van der Waals surface area contributed by atoms with Crippen molar-refractivity contribution in [1.82, 2.24) is 15.1 Å². The lowest BCUT2D eigenvalue weighted by molar-refractivity contribution is 0.601. The fourth-order valence-corrected chi connectivity index (χ4v) is 1.75. The Morgan fingerprint density at radius 1 is 1.43 bits per heavy atom. The van der Waals surface area contributed by atoms with E-state index in [1.807, 2.05) is 7.05 Å². The monoisotopic (exact) mass is 195 g/mol. The largest absolute Gasteiger partial charge is 0.317 e. The van der Waals surface area contributed by atoms with Crippen molar-refractivity contribution in [2.24, 2.45) is 0 Å². The summed E-state index contributed by atoms with van der Waals surface area (Å²) in [5.74, 6) is 0. The smallest absolute Gasteiger partial charge is 0.0629 e. The number of hydrogen-bond acceptors (Lipinski definition) is 2. The lowest BCUT2D eigenvalue weighted by Gasteiger charge is -2.10. The van der Waals surface area contributed by atoms with Crippen LogP contribution in [0.4, 0.5) is 0 Å². The minimum Gasteiger partial charge on any atom is -0.317 e. The SMILES string of the molecule is CCn1nc(C)c(CC(C)NC)c1C. The number of nitrogens with zero attached hydrogens (tertiary/aromatic N) is 2. The lowest BCUT2D eigenvalue weighted by Crippen LogP contribution is -2.24. The molecule has 1 N–H and O–H groups in total. The first-order chi connectivity index (χ1) is 6.60. The van der Waals surface area contributed by atoms with Gasteiger partial charge in [-0.25, -0.2) is 0 Å². The lowest BCUT2D eigenvalue weighted by atomic mass is 10.1. The maximum absolute atomic E-state index is 4.50. The van der Waals surface area contributed by atoms with Gasteiger partial charge in [0.1, 0.15) is 0 Å². The second-order valence-electron chi connectivity index (χ2n) is 3.86. The molecule has 0 fully saturated rings. The predicted molar refractivity (Wildman–Crippen MR) is 59.6 cm³/mol. The van der Waals surface area contributed by atoms with Crippen LogP contribution in [0.15, 0.2) is 0 Å². The Balaban J connectivity index is 2.90. The van der Waals surface area contributed by atoms with Gasteiger partial charge in [0.2, 0.25) is 0 Å². The number of rotatable bonds is 4. The zero-order valence-electron chi connectivity index (χ0n) is 9.89. The van der Waals surface area contributed by atoms with Crippen LogP contribution in [0.2, 0.25) is 0 Å². The van der Waals surface area contributed by atoms with Crippen LogP contribution >= 0.6 is 0 Å². The minimum absolute atomic E-state index is 0.516. The van der Waals surface area contributed by atoms with Gasteiger partial charge in [0.25, 0.3) is 0 Å². The molecule has 0 saturated carbocycles. The van der Waals surface area contributed by atoms with Crippen molar-refractivity contribution in [1.29, 1.82) is 0 Å². The highest BCUT2D eigenvalue weighted by Gasteiger charge is 2.12. The van der Waals surface area contributed by atoms with Crippen molar-refractivity contribution < 1.29 is 0 Å². The van der Waals surface area contributed by atoms with E-state index in [0.717, 1.165) is 13.0 Å². The second kappa shape index (κ2) is 4.60. The molecule has 1 atom stereocenters. The van der Waals surface area contributed by atoms with Gasteiger partial charge in [-0.15, -0.1) is 0 Å². The molecule has 0 saturated heterocycles. The van der Waals surface area contributed by atoms with Gasteiger partial charge in [-0.2, -0.15) is 5.10 Å². The van der Waals surface area contributed by atoms with Crippen LogP contribution in [0.5, 0.6) is 0 Å². The van der Waals surface area contributed by atoms with Crippen LogP contribution in [0.25, 0.3) is 0 Å². The number of hydrogen-bond donors (Lipinski definition) is 1. The molecule has 0 spiro atoms. The van der Waals surface area contributed by atoms with Crippen molar-refractivity contribution in [2.45, 2.75) is 46.7 Å². The molecule has 14 heavy (non-hydrogen) atoms. The molecule has 0 aliphatic heterocycles. The molecule has 80 valence electrons. The molecule has 0 amide bonds. The van der Waals surface area contributed by atoms with E-state index in [-0.39, 0.29) is 0 Å². The van der Waals surface area contributed by atoms with Crippen LogP contribution in [-0.4, -0.2) is 22.9 Å². The Hall–Kier alpha value is -0.830. The average Bonchev–Trinajstić information content (AvgIpc) is 2.44. The fourth-order valence-electron chi connectivity index (χ4n) is 1.75. The van der Waals surface area contributed by atoms with Crippen molar-refractivity contribution >= 4 is 0 Å². The molecule has 1 unspecified atom stereocenters. The van der Waals surface area contributed by atoms with E-state index in [1.165, 1.54) is 17.0 Å². The Morgan fingerprint density at radius 2 is 2.07 bits per heavy atom. The summed E-state index contributed by atoms with van der Waals surface area (Å²) in [4.78, 5) is 0. The summed E-state index contributed by atoms with van der Waals surface area (Å²) >= 11 is 0. The van der Waals surface area contributed by atoms with Crippen molar-refractivity contribution in [3.8, 4) is 0 Å². The summed E-state index contributed by atoms with van der Waals surface area (Å²) in [5, 5.41) is 7.76. The quantitative estimate of drug-likeness (QED) is 0.792. The van der Waals surface area contributed by atoms with Gasteiger partial charge in [-0.1, -0.05) is 0 Å². The van der Waals surface area contributed by atoms with Crippen LogP contribution in [0.3, 0.4) is 0 Å². The molecule has 0 aliphatic rings. The van der Waals surface area contributed by atoms with Gasteiger partial charge in [-0.3, -0.25) is 4.68 Å². The van der Waals surface area contributed by atoms with Gasteiger partial charge in [-0.05, 0) is 46.7 Å². The molecule has 3 nitrogen and oxygen atoms in total. The van der Waals surface area contributed by atoms with Crippen molar-refractivity contribution in [2.75, 3.05) is 7.05 Å². The van der Waals surface area contributed by atoms with E-state index in [2.05, 4.69) is 42.8 Å². The average molecular weight is 195 g/mol. The Bertz CT molecular complexity index is 302. The van der Waals surface area contributed by atoms with Gasteiger partial charge in [0.15, 0.2) is 0 Å². The molecule has 0 aromatic carbocycles. The predicted octanol–water partition coefficient (Wildman–Crippen LogP) is 1.67. The molecule has 3 heteroatoms. The first-order valence-corrected chi connectivity index (χ1v) is 5.30. The van der Waals surface area contributed by atoms with E-state index in [4.69, 9.17) is 0 Å². The van der Waals surface area contributed by atoms with E-state index >= 15 is 0 Å². The highest BCUT2D eigenvalue weighted by atomic mass is 15.3. The molecule has 0 radical (unpaired) electrons. The Morgan fingerprint density at radius 3 is 2.50 bits per heavy atom. The van der Waals surface area contributed by atoms with Gasteiger partial charge >= 0.3 is 0 Å². The summed E-state index contributed by atoms with van der Waals surface area (Å²) in [5.41, 5.74) is 3.88. The van der Waals surface area contributed by atoms with E-state index in [0.29, 0.717) is 6.04 Å². The summed E-state index contributed by atoms with van der Waals surface area (Å²) in [6.45, 7) is 9.53. The Labute approximate surface area is 86.5 Å². The normalized spacial score (nSPS) is 13.2. The van der Waals surface area contributed by atoms with Crippen molar-refractivity contribution in [3.05, 3.63) is 17.0 Å². The maximum atomic E-state index is 4.50. The topological polar surface area (TPSA) is 29.9 Å². The highest BCUT2D eigenvalue weighted by molar-refractivity contribution is 5.25. The van der Waals surface area contributed by atoms with E-state index in [9.17, 15) is 0 Å². The zero-order chi connectivity index (χ0) is 10.7. The second-order valence-corrected chi connectivity index (χ2v) is 3.86. The van der Waals surface area contributed by atoms with Crippen molar-refractivity contribution in [3.63, 3.8) is 0 Å². The highest BCUT2D eigenvalue weighted by Crippen LogP contribution is 2.14. The minimum atomic E-state index is 0.516. The number of aryl methyl sites for hydroxylation is 2. The number of nitrogens with one attached hydrogen (secondary N) is 1. The molecule has 0 aliphatic carbocycles. The third-order valence-electron chi connectivity index (χ3n) is 2.83. The first kappa shape index (κ1) is 11.2. The van der Waals surface area contributed by atoms with Gasteiger partial charge in [0.05, 0.1) is 5.69 Å². The standard InChI is InChI=1S/C11H21N3/c1-6-14-10(4)11(9(3)13-14)7-8(2)12-5/h8,12H,6-7H2,1-5H3. The number of likely N-dealkylation sites (N-methyl/N-ethyl adjacent to an activating group) is 1. The molecule has 1 rings (SSSR count). The van der Waals surface area contributed by atoms with Crippen LogP contribution in [0.1, 0.15) is 30.8 Å². The van der Waals surface area contributed by atoms with Crippen LogP contribution in [-0.2, 0) is 13.0 Å². The fraction of sp³-hybridized carbons (Fsp3) is 0.727. The van der Waals surface area contributed by atoms with Crippen LogP contribution < -0.4 is 5.32 Å². The summed E-state index contributed by atoms with van der Waals surface area (Å²) in [7, 11) is 2.00. The molecular formula is C11H21N3. The van der Waals surface area contributed by atoms with Gasteiger partial charge in [0, 0.05) is 18.3 Å². The summed E-state index contributed by atoms with van der Waals surface area (Å²) < 4.78 is 2.08. The van der Waals surface area contributed by atoms with Crippen LogP contribution in [0, 0.1) is 13.8 Å². The zero-order valence-corrected chi connectivity index (χ0v) is 9.89. The molecular weight excluding hydrogens is 174 g/mol. The maximum Gasteiger partial charge on any atom is 0.0629 e. The number of aromatic nitrogens is 2. The molecule has 1 heterocycles. The first-order valence-electron chi connectivity index (χ1n) is 5.30. The summed E-state index contributed by atoms with van der Waals surface area (Å²) in [6, 6.07) is 0.516. The third-order valence-corrected chi connectivity index (χ3v) is 2.83. The molecule has 1 aromatic rings. The third kappa shape index (κ3) is 2.15.